The largest absolute Gasteiger partial charge is 0.463 e. The van der Waals surface area contributed by atoms with Crippen molar-refractivity contribution in [1.82, 2.24) is 15.2 Å². The third-order valence-corrected chi connectivity index (χ3v) is 5.83. The number of ether oxygens (including phenoxy) is 2. The molecule has 1 N–H and O–H groups in total. The highest BCUT2D eigenvalue weighted by molar-refractivity contribution is 6.35. The SMILES string of the molecule is CCOC(=O)C1=C(CN2CCOCC2)NC(c2ccccn2)=NC1c1ccc(Cl)cc1Cl. The molecule has 0 bridgehead atoms. The summed E-state index contributed by atoms with van der Waals surface area (Å²) in [5, 5.41) is 4.29. The zero-order chi connectivity index (χ0) is 22.5. The molecule has 2 aliphatic rings. The molecule has 2 aliphatic heterocycles. The van der Waals surface area contributed by atoms with Crippen LogP contribution in [0.3, 0.4) is 0 Å². The molecule has 0 saturated carbocycles. The van der Waals surface area contributed by atoms with Gasteiger partial charge < -0.3 is 14.8 Å². The van der Waals surface area contributed by atoms with E-state index in [4.69, 9.17) is 37.7 Å². The van der Waals surface area contributed by atoms with Gasteiger partial charge in [-0.1, -0.05) is 35.3 Å². The Balaban J connectivity index is 1.82. The number of aromatic nitrogens is 1. The first-order valence-electron chi connectivity index (χ1n) is 10.5. The standard InChI is InChI=1S/C23H24Cl2N4O3/c1-2-32-23(30)20-19(14-29-9-11-31-12-10-29)27-22(18-5-3-4-8-26-18)28-21(20)16-7-6-15(24)13-17(16)25/h3-8,13,21H,2,9-12,14H2,1H3,(H,27,28). The number of amidine groups is 1. The number of carbonyl (C=O) groups excluding carboxylic acids is 1. The Hall–Kier alpha value is -2.45. The quantitative estimate of drug-likeness (QED) is 0.644. The van der Waals surface area contributed by atoms with Crippen molar-refractivity contribution in [3.63, 3.8) is 0 Å². The first kappa shape index (κ1) is 22.7. The van der Waals surface area contributed by atoms with Gasteiger partial charge in [0.05, 0.1) is 25.4 Å². The lowest BCUT2D eigenvalue weighted by Gasteiger charge is -2.32. The summed E-state index contributed by atoms with van der Waals surface area (Å²) in [6.07, 6.45) is 1.70. The molecule has 0 amide bonds. The van der Waals surface area contributed by atoms with Gasteiger partial charge in [-0.2, -0.15) is 0 Å². The van der Waals surface area contributed by atoms with E-state index in [1.165, 1.54) is 0 Å². The zero-order valence-corrected chi connectivity index (χ0v) is 19.2. The van der Waals surface area contributed by atoms with Crippen molar-refractivity contribution in [2.75, 3.05) is 39.5 Å². The van der Waals surface area contributed by atoms with E-state index in [-0.39, 0.29) is 6.61 Å². The van der Waals surface area contributed by atoms with Crippen LogP contribution in [0.2, 0.25) is 10.0 Å². The summed E-state index contributed by atoms with van der Waals surface area (Å²) >= 11 is 12.7. The molecule has 1 fully saturated rings. The van der Waals surface area contributed by atoms with Gasteiger partial charge in [-0.25, -0.2) is 4.79 Å². The topological polar surface area (TPSA) is 76.0 Å². The molecule has 1 aromatic heterocycles. The molecule has 7 nitrogen and oxygen atoms in total. The van der Waals surface area contributed by atoms with E-state index in [9.17, 15) is 4.79 Å². The van der Waals surface area contributed by atoms with Crippen molar-refractivity contribution in [2.45, 2.75) is 13.0 Å². The molecule has 3 heterocycles. The molecular formula is C23H24Cl2N4O3. The second-order valence-corrected chi connectivity index (χ2v) is 8.23. The van der Waals surface area contributed by atoms with Gasteiger partial charge in [0.25, 0.3) is 0 Å². The highest BCUT2D eigenvalue weighted by Crippen LogP contribution is 2.37. The second-order valence-electron chi connectivity index (χ2n) is 7.39. The molecule has 9 heteroatoms. The summed E-state index contributed by atoms with van der Waals surface area (Å²) in [6, 6.07) is 10.1. The monoisotopic (exact) mass is 474 g/mol. The van der Waals surface area contributed by atoms with Crippen molar-refractivity contribution in [3.05, 3.63) is 75.2 Å². The molecule has 0 aliphatic carbocycles. The fraction of sp³-hybridized carbons (Fsp3) is 0.348. The minimum Gasteiger partial charge on any atom is -0.463 e. The summed E-state index contributed by atoms with van der Waals surface area (Å²) in [4.78, 5) is 24.7. The van der Waals surface area contributed by atoms with Gasteiger partial charge in [-0.15, -0.1) is 0 Å². The predicted molar refractivity (Wildman–Crippen MR) is 124 cm³/mol. The van der Waals surface area contributed by atoms with Gasteiger partial charge in [0.15, 0.2) is 5.84 Å². The highest BCUT2D eigenvalue weighted by Gasteiger charge is 2.34. The number of nitrogens with zero attached hydrogens (tertiary/aromatic N) is 3. The third-order valence-electron chi connectivity index (χ3n) is 5.27. The molecule has 1 aromatic carbocycles. The summed E-state index contributed by atoms with van der Waals surface area (Å²) in [6.45, 7) is 5.39. The normalized spacial score (nSPS) is 19.3. The van der Waals surface area contributed by atoms with Crippen LogP contribution in [0.5, 0.6) is 0 Å². The number of carbonyl (C=O) groups is 1. The van der Waals surface area contributed by atoms with Crippen molar-refractivity contribution < 1.29 is 14.3 Å². The number of halogens is 2. The van der Waals surface area contributed by atoms with E-state index >= 15 is 0 Å². The third kappa shape index (κ3) is 5.13. The lowest BCUT2D eigenvalue weighted by atomic mass is 9.95. The molecule has 0 radical (unpaired) electrons. The number of nitrogens with one attached hydrogen (secondary N) is 1. The van der Waals surface area contributed by atoms with Gasteiger partial charge in [-0.3, -0.25) is 14.9 Å². The smallest absolute Gasteiger partial charge is 0.338 e. The second kappa shape index (κ2) is 10.4. The number of hydrogen-bond acceptors (Lipinski definition) is 7. The van der Waals surface area contributed by atoms with Crippen LogP contribution in [0.1, 0.15) is 24.2 Å². The molecule has 168 valence electrons. The van der Waals surface area contributed by atoms with Gasteiger partial charge in [0.2, 0.25) is 0 Å². The van der Waals surface area contributed by atoms with Crippen molar-refractivity contribution in [1.29, 1.82) is 0 Å². The van der Waals surface area contributed by atoms with Gasteiger partial charge in [-0.05, 0) is 31.2 Å². The lowest BCUT2D eigenvalue weighted by molar-refractivity contribution is -0.139. The molecule has 4 rings (SSSR count). The van der Waals surface area contributed by atoms with Gasteiger partial charge in [0, 0.05) is 47.1 Å². The van der Waals surface area contributed by atoms with E-state index in [0.717, 1.165) is 18.8 Å². The summed E-state index contributed by atoms with van der Waals surface area (Å²) in [5.41, 5.74) is 2.50. The van der Waals surface area contributed by atoms with Crippen LogP contribution in [-0.4, -0.2) is 61.1 Å². The van der Waals surface area contributed by atoms with Gasteiger partial charge >= 0.3 is 5.97 Å². The van der Waals surface area contributed by atoms with Crippen molar-refractivity contribution >= 4 is 35.0 Å². The summed E-state index contributed by atoms with van der Waals surface area (Å²) in [7, 11) is 0. The van der Waals surface area contributed by atoms with E-state index in [0.29, 0.717) is 52.5 Å². The average molecular weight is 475 g/mol. The van der Waals surface area contributed by atoms with Crippen LogP contribution in [0.25, 0.3) is 0 Å². The summed E-state index contributed by atoms with van der Waals surface area (Å²) in [5.74, 6) is 0.140. The number of aliphatic imine (C=N–C) groups is 1. The van der Waals surface area contributed by atoms with Crippen molar-refractivity contribution in [2.24, 2.45) is 4.99 Å². The van der Waals surface area contributed by atoms with Crippen LogP contribution in [-0.2, 0) is 14.3 Å². The molecule has 1 atom stereocenters. The number of pyridine rings is 1. The Bertz CT molecular complexity index is 1040. The Kier molecular flexibility index (Phi) is 7.42. The Morgan fingerprint density at radius 1 is 1.25 bits per heavy atom. The van der Waals surface area contributed by atoms with E-state index in [2.05, 4.69) is 15.2 Å². The van der Waals surface area contributed by atoms with E-state index < -0.39 is 12.0 Å². The van der Waals surface area contributed by atoms with Crippen molar-refractivity contribution in [3.8, 4) is 0 Å². The number of rotatable bonds is 6. The molecular weight excluding hydrogens is 451 g/mol. The minimum atomic E-state index is -0.659. The van der Waals surface area contributed by atoms with Crippen LogP contribution in [0.4, 0.5) is 0 Å². The number of esters is 1. The number of benzene rings is 1. The fourth-order valence-electron chi connectivity index (χ4n) is 3.73. The van der Waals surface area contributed by atoms with Crippen LogP contribution in [0.15, 0.2) is 58.9 Å². The molecule has 32 heavy (non-hydrogen) atoms. The van der Waals surface area contributed by atoms with E-state index in [1.54, 1.807) is 31.3 Å². The first-order chi connectivity index (χ1) is 15.6. The van der Waals surface area contributed by atoms with Gasteiger partial charge in [0.1, 0.15) is 11.7 Å². The molecule has 2 aromatic rings. The Morgan fingerprint density at radius 2 is 2.06 bits per heavy atom. The summed E-state index contributed by atoms with van der Waals surface area (Å²) < 4.78 is 10.9. The van der Waals surface area contributed by atoms with Crippen LogP contribution >= 0.6 is 23.2 Å². The molecule has 0 spiro atoms. The van der Waals surface area contributed by atoms with Crippen LogP contribution < -0.4 is 5.32 Å². The minimum absolute atomic E-state index is 0.255. The first-order valence-corrected chi connectivity index (χ1v) is 11.2. The van der Waals surface area contributed by atoms with E-state index in [1.807, 2.05) is 18.2 Å². The Morgan fingerprint density at radius 3 is 2.75 bits per heavy atom. The Labute approximate surface area is 197 Å². The number of hydrogen-bond donors (Lipinski definition) is 1. The predicted octanol–water partition coefficient (Wildman–Crippen LogP) is 3.63. The highest BCUT2D eigenvalue weighted by atomic mass is 35.5. The fourth-order valence-corrected chi connectivity index (χ4v) is 4.25. The number of morpholine rings is 1. The molecule has 1 saturated heterocycles. The zero-order valence-electron chi connectivity index (χ0n) is 17.7. The maximum atomic E-state index is 13.1. The average Bonchev–Trinajstić information content (AvgIpc) is 2.80. The van der Waals surface area contributed by atoms with Crippen LogP contribution in [0, 0.1) is 0 Å². The maximum Gasteiger partial charge on any atom is 0.338 e. The molecule has 1 unspecified atom stereocenters. The lowest BCUT2D eigenvalue weighted by Crippen LogP contribution is -2.43. The maximum absolute atomic E-state index is 13.1.